The van der Waals surface area contributed by atoms with Gasteiger partial charge in [-0.25, -0.2) is 9.97 Å². The predicted octanol–water partition coefficient (Wildman–Crippen LogP) is 3.82. The molecule has 2 atom stereocenters. The zero-order valence-corrected chi connectivity index (χ0v) is 15.0. The van der Waals surface area contributed by atoms with Gasteiger partial charge in [0.2, 0.25) is 0 Å². The largest absolute Gasteiger partial charge is 0.381 e. The molecule has 1 aliphatic carbocycles. The van der Waals surface area contributed by atoms with E-state index in [9.17, 15) is 0 Å². The van der Waals surface area contributed by atoms with E-state index in [1.165, 1.54) is 23.4 Å². The van der Waals surface area contributed by atoms with Crippen molar-refractivity contribution in [1.29, 1.82) is 0 Å². The van der Waals surface area contributed by atoms with Crippen molar-refractivity contribution in [3.8, 4) is 0 Å². The summed E-state index contributed by atoms with van der Waals surface area (Å²) in [5, 5.41) is 0. The highest BCUT2D eigenvalue weighted by molar-refractivity contribution is 5.35. The molecule has 2 aliphatic rings. The quantitative estimate of drug-likeness (QED) is 0.730. The third-order valence-corrected chi connectivity index (χ3v) is 5.03. The van der Waals surface area contributed by atoms with Crippen LogP contribution in [0.2, 0.25) is 0 Å². The average molecular weight is 302 g/mol. The van der Waals surface area contributed by atoms with Gasteiger partial charge in [0.05, 0.1) is 5.69 Å². The van der Waals surface area contributed by atoms with E-state index in [-0.39, 0.29) is 10.8 Å². The van der Waals surface area contributed by atoms with Gasteiger partial charge in [-0.2, -0.15) is 0 Å². The molecule has 0 saturated carbocycles. The van der Waals surface area contributed by atoms with E-state index in [1.807, 2.05) is 0 Å². The molecule has 0 spiro atoms. The van der Waals surface area contributed by atoms with Crippen molar-refractivity contribution < 1.29 is 4.74 Å². The van der Waals surface area contributed by atoms with Crippen molar-refractivity contribution >= 4 is 0 Å². The first kappa shape index (κ1) is 15.9. The molecule has 2 unspecified atom stereocenters. The molecule has 1 aromatic rings. The van der Waals surface area contributed by atoms with Crippen LogP contribution in [0.4, 0.5) is 0 Å². The first-order valence-electron chi connectivity index (χ1n) is 8.65. The lowest BCUT2D eigenvalue weighted by atomic mass is 9.72. The van der Waals surface area contributed by atoms with Crippen LogP contribution in [-0.4, -0.2) is 23.2 Å². The van der Waals surface area contributed by atoms with Crippen LogP contribution in [0.5, 0.6) is 0 Å². The van der Waals surface area contributed by atoms with Crippen molar-refractivity contribution in [2.45, 2.75) is 71.6 Å². The minimum Gasteiger partial charge on any atom is -0.381 e. The number of nitrogens with zero attached hydrogens (tertiary/aromatic N) is 2. The Morgan fingerprint density at radius 1 is 0.909 bits per heavy atom. The summed E-state index contributed by atoms with van der Waals surface area (Å²) in [5.74, 6) is 2.41. The highest BCUT2D eigenvalue weighted by Crippen LogP contribution is 2.39. The molecule has 2 heterocycles. The van der Waals surface area contributed by atoms with Crippen molar-refractivity contribution in [1.82, 2.24) is 9.97 Å². The summed E-state index contributed by atoms with van der Waals surface area (Å²) < 4.78 is 5.72. The molecule has 122 valence electrons. The monoisotopic (exact) mass is 302 g/mol. The Morgan fingerprint density at radius 3 is 2.27 bits per heavy atom. The molecule has 0 bridgehead atoms. The van der Waals surface area contributed by atoms with E-state index in [0.29, 0.717) is 5.92 Å². The summed E-state index contributed by atoms with van der Waals surface area (Å²) in [6.45, 7) is 15.3. The van der Waals surface area contributed by atoms with Crippen LogP contribution < -0.4 is 0 Å². The second kappa shape index (κ2) is 5.30. The highest BCUT2D eigenvalue weighted by atomic mass is 16.5. The van der Waals surface area contributed by atoms with Gasteiger partial charge >= 0.3 is 0 Å². The standard InChI is InChI=1S/C19H30N2O/c1-18(2,3)16-14-9-13-11-22-8-7-12(13)10-15(14)20-17(21-16)19(4,5)6/h12-13H,7-11H2,1-6H3. The van der Waals surface area contributed by atoms with Gasteiger partial charge in [0.25, 0.3) is 0 Å². The average Bonchev–Trinajstić information content (AvgIpc) is 2.41. The number of aromatic nitrogens is 2. The molecular formula is C19H30N2O. The molecule has 0 N–H and O–H groups in total. The van der Waals surface area contributed by atoms with E-state index in [4.69, 9.17) is 14.7 Å². The van der Waals surface area contributed by atoms with E-state index < -0.39 is 0 Å². The van der Waals surface area contributed by atoms with Crippen LogP contribution in [-0.2, 0) is 28.4 Å². The minimum absolute atomic E-state index is 0.00154. The first-order chi connectivity index (χ1) is 10.2. The van der Waals surface area contributed by atoms with Crippen molar-refractivity contribution in [3.63, 3.8) is 0 Å². The fourth-order valence-corrected chi connectivity index (χ4v) is 3.72. The Hall–Kier alpha value is -0.960. The van der Waals surface area contributed by atoms with Crippen LogP contribution >= 0.6 is 0 Å². The lowest BCUT2D eigenvalue weighted by molar-refractivity contribution is 0.0123. The second-order valence-electron chi connectivity index (χ2n) is 9.11. The molecule has 1 fully saturated rings. The molecule has 1 aliphatic heterocycles. The smallest absolute Gasteiger partial charge is 0.134 e. The molecule has 3 heteroatoms. The molecule has 1 saturated heterocycles. The Kier molecular flexibility index (Phi) is 3.83. The van der Waals surface area contributed by atoms with Crippen LogP contribution in [0.15, 0.2) is 0 Å². The van der Waals surface area contributed by atoms with Gasteiger partial charge in [0.15, 0.2) is 0 Å². The first-order valence-corrected chi connectivity index (χ1v) is 8.65. The van der Waals surface area contributed by atoms with Crippen LogP contribution in [0.1, 0.15) is 70.7 Å². The number of rotatable bonds is 0. The van der Waals surface area contributed by atoms with Gasteiger partial charge in [0.1, 0.15) is 5.82 Å². The molecule has 1 aromatic heterocycles. The summed E-state index contributed by atoms with van der Waals surface area (Å²) in [4.78, 5) is 10.0. The highest BCUT2D eigenvalue weighted by Gasteiger charge is 2.36. The lowest BCUT2D eigenvalue weighted by Gasteiger charge is -2.38. The molecule has 0 aromatic carbocycles. The number of hydrogen-bond acceptors (Lipinski definition) is 3. The summed E-state index contributed by atoms with van der Waals surface area (Å²) in [6.07, 6.45) is 3.39. The van der Waals surface area contributed by atoms with Gasteiger partial charge in [-0.05, 0) is 36.7 Å². The van der Waals surface area contributed by atoms with E-state index >= 15 is 0 Å². The molecule has 0 radical (unpaired) electrons. The minimum atomic E-state index is 0.00154. The number of hydrogen-bond donors (Lipinski definition) is 0. The second-order valence-corrected chi connectivity index (χ2v) is 9.11. The molecule has 0 amide bonds. The summed E-state index contributed by atoms with van der Waals surface area (Å²) in [7, 11) is 0. The van der Waals surface area contributed by atoms with E-state index in [0.717, 1.165) is 37.8 Å². The SMILES string of the molecule is CC(C)(C)c1nc2c(c(C(C)(C)C)n1)CC1COCCC1C2. The summed E-state index contributed by atoms with van der Waals surface area (Å²) >= 11 is 0. The third kappa shape index (κ3) is 2.92. The topological polar surface area (TPSA) is 35.0 Å². The zero-order valence-electron chi connectivity index (χ0n) is 15.0. The maximum Gasteiger partial charge on any atom is 0.134 e. The molecule has 22 heavy (non-hydrogen) atoms. The maximum atomic E-state index is 5.72. The third-order valence-electron chi connectivity index (χ3n) is 5.03. The van der Waals surface area contributed by atoms with Gasteiger partial charge in [-0.3, -0.25) is 0 Å². The molecule has 3 nitrogen and oxygen atoms in total. The van der Waals surface area contributed by atoms with Crippen molar-refractivity contribution in [2.75, 3.05) is 13.2 Å². The summed E-state index contributed by atoms with van der Waals surface area (Å²) in [6, 6.07) is 0. The summed E-state index contributed by atoms with van der Waals surface area (Å²) in [5.41, 5.74) is 4.04. The Morgan fingerprint density at radius 2 is 1.64 bits per heavy atom. The van der Waals surface area contributed by atoms with Crippen LogP contribution in [0, 0.1) is 11.8 Å². The number of fused-ring (bicyclic) bond motifs is 2. The Balaban J connectivity index is 2.10. The lowest BCUT2D eigenvalue weighted by Crippen LogP contribution is -2.37. The van der Waals surface area contributed by atoms with Crippen LogP contribution in [0.25, 0.3) is 0 Å². The van der Waals surface area contributed by atoms with Gasteiger partial charge in [-0.1, -0.05) is 41.5 Å². The van der Waals surface area contributed by atoms with E-state index in [1.54, 1.807) is 0 Å². The molecule has 3 rings (SSSR count). The van der Waals surface area contributed by atoms with Gasteiger partial charge < -0.3 is 4.74 Å². The Bertz CT molecular complexity index is 566. The van der Waals surface area contributed by atoms with Gasteiger partial charge in [0, 0.05) is 29.7 Å². The van der Waals surface area contributed by atoms with Crippen LogP contribution in [0.3, 0.4) is 0 Å². The fraction of sp³-hybridized carbons (Fsp3) is 0.789. The zero-order chi connectivity index (χ0) is 16.1. The maximum absolute atomic E-state index is 5.72. The van der Waals surface area contributed by atoms with Crippen molar-refractivity contribution in [3.05, 3.63) is 22.8 Å². The normalized spacial score (nSPS) is 25.5. The fourth-order valence-electron chi connectivity index (χ4n) is 3.72. The van der Waals surface area contributed by atoms with Gasteiger partial charge in [-0.15, -0.1) is 0 Å². The number of ether oxygens (including phenoxy) is 1. The molecular weight excluding hydrogens is 272 g/mol. The Labute approximate surface area is 134 Å². The predicted molar refractivity (Wildman–Crippen MR) is 89.3 cm³/mol. The van der Waals surface area contributed by atoms with Crippen molar-refractivity contribution in [2.24, 2.45) is 11.8 Å². The van der Waals surface area contributed by atoms with E-state index in [2.05, 4.69) is 41.5 Å².